The number of carbonyl (C=O) groups is 2. The lowest BCUT2D eigenvalue weighted by Crippen LogP contribution is -2.37. The van der Waals surface area contributed by atoms with E-state index in [1.165, 1.54) is 9.70 Å². The lowest BCUT2D eigenvalue weighted by molar-refractivity contribution is -0.134. The van der Waals surface area contributed by atoms with E-state index in [9.17, 15) is 9.59 Å². The van der Waals surface area contributed by atoms with Gasteiger partial charge in [-0.25, -0.2) is 0 Å². The molecule has 0 atom stereocenters. The van der Waals surface area contributed by atoms with Crippen LogP contribution in [0.3, 0.4) is 0 Å². The van der Waals surface area contributed by atoms with Crippen LogP contribution >= 0.6 is 0 Å². The lowest BCUT2D eigenvalue weighted by Gasteiger charge is -2.16. The molecule has 28 heavy (non-hydrogen) atoms. The summed E-state index contributed by atoms with van der Waals surface area (Å²) < 4.78 is 5.12. The molecule has 0 aliphatic rings. The number of anilines is 1. The van der Waals surface area contributed by atoms with Crippen LogP contribution in [0.5, 0.6) is 5.75 Å². The van der Waals surface area contributed by atoms with Gasteiger partial charge in [-0.05, 0) is 17.3 Å². The van der Waals surface area contributed by atoms with Crippen LogP contribution in [0.2, 0.25) is 0 Å². The van der Waals surface area contributed by atoms with Gasteiger partial charge in [0.05, 0.1) is 13.7 Å². The average molecular weight is 380 g/mol. The van der Waals surface area contributed by atoms with E-state index in [4.69, 9.17) is 4.74 Å². The van der Waals surface area contributed by atoms with Crippen molar-refractivity contribution >= 4 is 17.5 Å². The first-order chi connectivity index (χ1) is 13.5. The van der Waals surface area contributed by atoms with Crippen molar-refractivity contribution in [1.29, 1.82) is 0 Å². The Labute approximate surface area is 161 Å². The van der Waals surface area contributed by atoms with Crippen molar-refractivity contribution in [3.8, 4) is 17.1 Å². The first-order valence-corrected chi connectivity index (χ1v) is 8.56. The summed E-state index contributed by atoms with van der Waals surface area (Å²) in [5.41, 5.74) is 1.41. The second kappa shape index (κ2) is 8.76. The van der Waals surface area contributed by atoms with E-state index in [1.807, 2.05) is 30.3 Å². The van der Waals surface area contributed by atoms with Crippen molar-refractivity contribution in [3.63, 3.8) is 0 Å². The summed E-state index contributed by atoms with van der Waals surface area (Å²) in [6, 6.07) is 16.3. The molecular weight excluding hydrogens is 360 g/mol. The molecule has 2 amide bonds. The van der Waals surface area contributed by atoms with E-state index in [0.717, 1.165) is 5.56 Å². The first-order valence-electron chi connectivity index (χ1n) is 8.56. The number of carbonyl (C=O) groups excluding carboxylic acids is 2. The van der Waals surface area contributed by atoms with Crippen molar-refractivity contribution in [1.82, 2.24) is 25.1 Å². The maximum Gasteiger partial charge on any atom is 0.246 e. The molecule has 0 fully saturated rings. The molecule has 9 nitrogen and oxygen atoms in total. The van der Waals surface area contributed by atoms with E-state index < -0.39 is 0 Å². The van der Waals surface area contributed by atoms with E-state index in [1.54, 1.807) is 38.4 Å². The third-order valence-electron chi connectivity index (χ3n) is 3.92. The molecule has 0 bridgehead atoms. The highest BCUT2D eigenvalue weighted by Crippen LogP contribution is 2.16. The summed E-state index contributed by atoms with van der Waals surface area (Å²) in [6.45, 7) is -0.209. The molecule has 3 rings (SSSR count). The number of nitrogens with zero attached hydrogens (tertiary/aromatic N) is 5. The van der Waals surface area contributed by atoms with Gasteiger partial charge in [0.15, 0.2) is 0 Å². The number of rotatable bonds is 7. The van der Waals surface area contributed by atoms with E-state index in [2.05, 4.69) is 20.7 Å². The zero-order valence-electron chi connectivity index (χ0n) is 15.6. The Balaban J connectivity index is 1.54. The van der Waals surface area contributed by atoms with Gasteiger partial charge in [-0.2, -0.15) is 4.80 Å². The molecule has 144 valence electrons. The zero-order valence-corrected chi connectivity index (χ0v) is 15.6. The third kappa shape index (κ3) is 4.91. The molecular formula is C19H20N6O3. The molecule has 0 radical (unpaired) electrons. The van der Waals surface area contributed by atoms with E-state index >= 15 is 0 Å². The summed E-state index contributed by atoms with van der Waals surface area (Å²) in [4.78, 5) is 27.0. The summed E-state index contributed by atoms with van der Waals surface area (Å²) >= 11 is 0. The van der Waals surface area contributed by atoms with Gasteiger partial charge >= 0.3 is 0 Å². The van der Waals surface area contributed by atoms with Gasteiger partial charge in [-0.3, -0.25) is 9.59 Å². The van der Waals surface area contributed by atoms with Crippen LogP contribution < -0.4 is 10.1 Å². The Hall–Kier alpha value is -3.75. The van der Waals surface area contributed by atoms with Gasteiger partial charge in [0, 0.05) is 24.4 Å². The minimum Gasteiger partial charge on any atom is -0.497 e. The number of likely N-dealkylation sites (N-methyl/N-ethyl adjacent to an activating group) is 1. The van der Waals surface area contributed by atoms with Gasteiger partial charge in [-0.1, -0.05) is 36.4 Å². The SMILES string of the molecule is COc1cccc(NC(=O)CN(C)C(=O)Cn2nnc(-c3ccccc3)n2)c1. The fourth-order valence-corrected chi connectivity index (χ4v) is 2.46. The summed E-state index contributed by atoms with van der Waals surface area (Å²) in [5.74, 6) is 0.443. The first kappa shape index (κ1) is 19.0. The molecule has 0 saturated carbocycles. The number of ether oxygens (including phenoxy) is 1. The van der Waals surface area contributed by atoms with Crippen LogP contribution in [0.15, 0.2) is 54.6 Å². The average Bonchev–Trinajstić information content (AvgIpc) is 3.17. The molecule has 0 saturated heterocycles. The number of amides is 2. The largest absolute Gasteiger partial charge is 0.497 e. The number of tetrazole rings is 1. The van der Waals surface area contributed by atoms with Crippen LogP contribution in [0, 0.1) is 0 Å². The Morgan fingerprint density at radius 3 is 2.68 bits per heavy atom. The molecule has 9 heteroatoms. The number of aromatic nitrogens is 4. The second-order valence-electron chi connectivity index (χ2n) is 6.04. The molecule has 1 aromatic heterocycles. The van der Waals surface area contributed by atoms with Gasteiger partial charge in [0.25, 0.3) is 0 Å². The normalized spacial score (nSPS) is 10.4. The summed E-state index contributed by atoms with van der Waals surface area (Å²) in [5, 5.41) is 14.8. The molecule has 0 aliphatic heterocycles. The lowest BCUT2D eigenvalue weighted by atomic mass is 10.2. The Morgan fingerprint density at radius 1 is 1.14 bits per heavy atom. The van der Waals surface area contributed by atoms with Gasteiger partial charge in [0.1, 0.15) is 12.3 Å². The number of methoxy groups -OCH3 is 1. The van der Waals surface area contributed by atoms with Crippen LogP contribution in [-0.4, -0.2) is 57.6 Å². The van der Waals surface area contributed by atoms with Gasteiger partial charge in [-0.15, -0.1) is 10.2 Å². The number of hydrogen-bond acceptors (Lipinski definition) is 6. The fourth-order valence-electron chi connectivity index (χ4n) is 2.46. The highest BCUT2D eigenvalue weighted by Gasteiger charge is 2.16. The second-order valence-corrected chi connectivity index (χ2v) is 6.04. The van der Waals surface area contributed by atoms with Crippen LogP contribution in [-0.2, 0) is 16.1 Å². The van der Waals surface area contributed by atoms with Gasteiger partial charge in [0.2, 0.25) is 17.6 Å². The van der Waals surface area contributed by atoms with E-state index in [-0.39, 0.29) is 24.9 Å². The third-order valence-corrected chi connectivity index (χ3v) is 3.92. The van der Waals surface area contributed by atoms with Crippen molar-refractivity contribution in [2.75, 3.05) is 26.0 Å². The van der Waals surface area contributed by atoms with Crippen LogP contribution in [0.25, 0.3) is 11.4 Å². The maximum atomic E-state index is 12.3. The van der Waals surface area contributed by atoms with E-state index in [0.29, 0.717) is 17.3 Å². The molecule has 1 heterocycles. The summed E-state index contributed by atoms with van der Waals surface area (Å²) in [7, 11) is 3.09. The molecule has 0 spiro atoms. The Kier molecular flexibility index (Phi) is 5.95. The molecule has 0 unspecified atom stereocenters. The number of nitrogens with one attached hydrogen (secondary N) is 1. The van der Waals surface area contributed by atoms with Gasteiger partial charge < -0.3 is 15.0 Å². The molecule has 0 aliphatic carbocycles. The molecule has 2 aromatic carbocycles. The minimum absolute atomic E-state index is 0.101. The summed E-state index contributed by atoms with van der Waals surface area (Å²) in [6.07, 6.45) is 0. The van der Waals surface area contributed by atoms with Crippen LogP contribution in [0.1, 0.15) is 0 Å². The number of hydrogen-bond donors (Lipinski definition) is 1. The maximum absolute atomic E-state index is 12.3. The predicted octanol–water partition coefficient (Wildman–Crippen LogP) is 1.45. The Morgan fingerprint density at radius 2 is 1.93 bits per heavy atom. The highest BCUT2D eigenvalue weighted by molar-refractivity contribution is 5.94. The topological polar surface area (TPSA) is 102 Å². The standard InChI is InChI=1S/C19H20N6O3/c1-24(12-17(26)20-15-9-6-10-16(11-15)28-2)18(27)13-25-22-19(21-23-25)14-7-4-3-5-8-14/h3-11H,12-13H2,1-2H3,(H,20,26). The van der Waals surface area contributed by atoms with Crippen molar-refractivity contribution in [3.05, 3.63) is 54.6 Å². The Bertz CT molecular complexity index is 957. The predicted molar refractivity (Wildman–Crippen MR) is 103 cm³/mol. The quantitative estimate of drug-likeness (QED) is 0.666. The number of benzene rings is 2. The highest BCUT2D eigenvalue weighted by atomic mass is 16.5. The molecule has 1 N–H and O–H groups in total. The monoisotopic (exact) mass is 380 g/mol. The minimum atomic E-state index is -0.319. The fraction of sp³-hybridized carbons (Fsp3) is 0.211. The smallest absolute Gasteiger partial charge is 0.246 e. The zero-order chi connectivity index (χ0) is 19.9. The molecule has 3 aromatic rings. The van der Waals surface area contributed by atoms with Crippen LogP contribution in [0.4, 0.5) is 5.69 Å². The van der Waals surface area contributed by atoms with Crippen molar-refractivity contribution in [2.45, 2.75) is 6.54 Å². The van der Waals surface area contributed by atoms with Crippen molar-refractivity contribution in [2.24, 2.45) is 0 Å². The van der Waals surface area contributed by atoms with Crippen molar-refractivity contribution < 1.29 is 14.3 Å².